The molecule has 6 heteroatoms. The number of anilines is 2. The van der Waals surface area contributed by atoms with E-state index < -0.39 is 0 Å². The van der Waals surface area contributed by atoms with Crippen molar-refractivity contribution in [2.45, 2.75) is 13.5 Å². The van der Waals surface area contributed by atoms with Crippen molar-refractivity contribution in [3.05, 3.63) is 87.9 Å². The van der Waals surface area contributed by atoms with Gasteiger partial charge >= 0.3 is 0 Å². The minimum atomic E-state index is -0.239. The van der Waals surface area contributed by atoms with Crippen LogP contribution in [0, 0.1) is 6.92 Å². The zero-order chi connectivity index (χ0) is 19.9. The van der Waals surface area contributed by atoms with E-state index in [0.717, 1.165) is 22.5 Å². The van der Waals surface area contributed by atoms with Crippen LogP contribution in [-0.2, 0) is 11.3 Å². The van der Waals surface area contributed by atoms with Crippen molar-refractivity contribution in [3.8, 4) is 5.75 Å². The molecule has 0 atom stereocenters. The van der Waals surface area contributed by atoms with E-state index >= 15 is 0 Å². The number of nitrogens with one attached hydrogen (secondary N) is 2. The largest absolute Gasteiger partial charge is 0.482 e. The van der Waals surface area contributed by atoms with Crippen LogP contribution in [0.4, 0.5) is 11.4 Å². The highest BCUT2D eigenvalue weighted by atomic mass is 35.5. The van der Waals surface area contributed by atoms with Gasteiger partial charge in [-0.2, -0.15) is 0 Å². The van der Waals surface area contributed by atoms with Crippen LogP contribution in [0.5, 0.6) is 5.75 Å². The van der Waals surface area contributed by atoms with Crippen LogP contribution >= 0.6 is 23.2 Å². The van der Waals surface area contributed by atoms with Gasteiger partial charge in [0.15, 0.2) is 6.61 Å². The van der Waals surface area contributed by atoms with Crippen molar-refractivity contribution in [2.24, 2.45) is 0 Å². The van der Waals surface area contributed by atoms with Crippen molar-refractivity contribution in [1.82, 2.24) is 0 Å². The molecule has 0 saturated heterocycles. The number of benzene rings is 3. The monoisotopic (exact) mass is 414 g/mol. The Bertz CT molecular complexity index is 976. The summed E-state index contributed by atoms with van der Waals surface area (Å²) in [6, 6.07) is 20.6. The Morgan fingerprint density at radius 2 is 1.82 bits per heavy atom. The average Bonchev–Trinajstić information content (AvgIpc) is 2.67. The van der Waals surface area contributed by atoms with Crippen molar-refractivity contribution in [2.75, 3.05) is 17.2 Å². The molecule has 0 unspecified atom stereocenters. The van der Waals surface area contributed by atoms with E-state index in [1.165, 1.54) is 0 Å². The number of hydrogen-bond donors (Lipinski definition) is 2. The van der Waals surface area contributed by atoms with Gasteiger partial charge in [-0.1, -0.05) is 53.5 Å². The lowest BCUT2D eigenvalue weighted by atomic mass is 10.2. The molecule has 0 heterocycles. The van der Waals surface area contributed by atoms with E-state index in [9.17, 15) is 4.79 Å². The summed E-state index contributed by atoms with van der Waals surface area (Å²) in [6.45, 7) is 2.41. The summed E-state index contributed by atoms with van der Waals surface area (Å²) in [7, 11) is 0. The van der Waals surface area contributed by atoms with Crippen LogP contribution in [-0.4, -0.2) is 12.5 Å². The van der Waals surface area contributed by atoms with Gasteiger partial charge in [0.05, 0.1) is 5.02 Å². The Morgan fingerprint density at radius 1 is 1.00 bits per heavy atom. The van der Waals surface area contributed by atoms with Crippen LogP contribution in [0.1, 0.15) is 11.1 Å². The summed E-state index contributed by atoms with van der Waals surface area (Å²) >= 11 is 12.3. The molecule has 0 aliphatic rings. The molecule has 28 heavy (non-hydrogen) atoms. The third-order valence-electron chi connectivity index (χ3n) is 4.10. The molecule has 0 aliphatic carbocycles. The molecule has 3 aromatic rings. The first kappa shape index (κ1) is 20.1. The van der Waals surface area contributed by atoms with E-state index in [0.29, 0.717) is 22.3 Å². The molecule has 4 nitrogen and oxygen atoms in total. The second kappa shape index (κ2) is 9.49. The molecule has 3 aromatic carbocycles. The zero-order valence-electron chi connectivity index (χ0n) is 15.3. The fraction of sp³-hybridized carbons (Fsp3) is 0.136. The van der Waals surface area contributed by atoms with Gasteiger partial charge in [0, 0.05) is 22.9 Å². The molecule has 0 aliphatic heterocycles. The first-order valence-corrected chi connectivity index (χ1v) is 9.53. The number of carbonyl (C=O) groups excluding carboxylic acids is 1. The Balaban J connectivity index is 1.54. The van der Waals surface area contributed by atoms with Gasteiger partial charge in [-0.15, -0.1) is 0 Å². The van der Waals surface area contributed by atoms with Gasteiger partial charge in [0.25, 0.3) is 5.91 Å². The highest BCUT2D eigenvalue weighted by Gasteiger charge is 2.08. The number of rotatable bonds is 7. The normalized spacial score (nSPS) is 10.4. The van der Waals surface area contributed by atoms with Crippen LogP contribution in [0.2, 0.25) is 10.0 Å². The Hall–Kier alpha value is -2.69. The molecule has 2 N–H and O–H groups in total. The first-order valence-electron chi connectivity index (χ1n) is 8.77. The summed E-state index contributed by atoms with van der Waals surface area (Å²) in [5, 5.41) is 7.24. The van der Waals surface area contributed by atoms with E-state index in [-0.39, 0.29) is 12.5 Å². The smallest absolute Gasteiger partial charge is 0.262 e. The molecular weight excluding hydrogens is 395 g/mol. The molecular formula is C22H20Cl2N2O2. The average molecular weight is 415 g/mol. The molecule has 0 bridgehead atoms. The van der Waals surface area contributed by atoms with Gasteiger partial charge in [0.1, 0.15) is 5.75 Å². The SMILES string of the molecule is Cc1ccccc1NC(=O)COc1ccc(CNc2cccc(Cl)c2)cc1Cl. The van der Waals surface area contributed by atoms with Gasteiger partial charge < -0.3 is 15.4 Å². The minimum Gasteiger partial charge on any atom is -0.482 e. The van der Waals surface area contributed by atoms with Gasteiger partial charge in [-0.05, 0) is 54.4 Å². The molecule has 0 saturated carbocycles. The summed E-state index contributed by atoms with van der Waals surface area (Å²) < 4.78 is 5.56. The molecule has 0 spiro atoms. The quantitative estimate of drug-likeness (QED) is 0.503. The predicted octanol–water partition coefficient (Wildman–Crippen LogP) is 5.93. The number of para-hydroxylation sites is 1. The molecule has 1 amide bonds. The van der Waals surface area contributed by atoms with E-state index in [1.807, 2.05) is 67.6 Å². The van der Waals surface area contributed by atoms with E-state index in [4.69, 9.17) is 27.9 Å². The van der Waals surface area contributed by atoms with Crippen molar-refractivity contribution < 1.29 is 9.53 Å². The fourth-order valence-electron chi connectivity index (χ4n) is 2.62. The first-order chi connectivity index (χ1) is 13.5. The number of ether oxygens (including phenoxy) is 1. The maximum Gasteiger partial charge on any atom is 0.262 e. The van der Waals surface area contributed by atoms with E-state index in [1.54, 1.807) is 6.07 Å². The standard InChI is InChI=1S/C22H20Cl2N2O2/c1-15-5-2-3-8-20(15)26-22(27)14-28-21-10-9-16(11-19(21)24)13-25-18-7-4-6-17(23)12-18/h2-12,25H,13-14H2,1H3,(H,26,27). The summed E-state index contributed by atoms with van der Waals surface area (Å²) in [6.07, 6.45) is 0. The topological polar surface area (TPSA) is 50.4 Å². The Labute approximate surface area is 174 Å². The summed E-state index contributed by atoms with van der Waals surface area (Å²) in [5.41, 5.74) is 3.67. The maximum absolute atomic E-state index is 12.1. The zero-order valence-corrected chi connectivity index (χ0v) is 16.8. The van der Waals surface area contributed by atoms with Crippen molar-refractivity contribution in [3.63, 3.8) is 0 Å². The number of hydrogen-bond acceptors (Lipinski definition) is 3. The lowest BCUT2D eigenvalue weighted by Gasteiger charge is -2.12. The Morgan fingerprint density at radius 3 is 2.57 bits per heavy atom. The van der Waals surface area contributed by atoms with Crippen LogP contribution < -0.4 is 15.4 Å². The van der Waals surface area contributed by atoms with Gasteiger partial charge in [0.2, 0.25) is 0 Å². The molecule has 3 rings (SSSR count). The third kappa shape index (κ3) is 5.65. The predicted molar refractivity (Wildman–Crippen MR) is 116 cm³/mol. The lowest BCUT2D eigenvalue weighted by Crippen LogP contribution is -2.20. The van der Waals surface area contributed by atoms with Crippen LogP contribution in [0.3, 0.4) is 0 Å². The fourth-order valence-corrected chi connectivity index (χ4v) is 3.06. The molecule has 0 fully saturated rings. The van der Waals surface area contributed by atoms with Crippen molar-refractivity contribution in [1.29, 1.82) is 0 Å². The van der Waals surface area contributed by atoms with Gasteiger partial charge in [-0.25, -0.2) is 0 Å². The number of halogens is 2. The lowest BCUT2D eigenvalue weighted by molar-refractivity contribution is -0.118. The Kier molecular flexibility index (Phi) is 6.80. The second-order valence-corrected chi connectivity index (χ2v) is 7.12. The van der Waals surface area contributed by atoms with Gasteiger partial charge in [-0.3, -0.25) is 4.79 Å². The second-order valence-electron chi connectivity index (χ2n) is 6.28. The third-order valence-corrected chi connectivity index (χ3v) is 4.63. The number of aryl methyl sites for hydroxylation is 1. The molecule has 144 valence electrons. The van der Waals surface area contributed by atoms with Crippen molar-refractivity contribution >= 4 is 40.5 Å². The number of carbonyl (C=O) groups is 1. The maximum atomic E-state index is 12.1. The summed E-state index contributed by atoms with van der Waals surface area (Å²) in [4.78, 5) is 12.1. The molecule has 0 aromatic heterocycles. The minimum absolute atomic E-state index is 0.117. The van der Waals surface area contributed by atoms with Crippen LogP contribution in [0.25, 0.3) is 0 Å². The highest BCUT2D eigenvalue weighted by molar-refractivity contribution is 6.32. The van der Waals surface area contributed by atoms with Crippen LogP contribution in [0.15, 0.2) is 66.7 Å². The molecule has 0 radical (unpaired) electrons. The highest BCUT2D eigenvalue weighted by Crippen LogP contribution is 2.26. The van der Waals surface area contributed by atoms with E-state index in [2.05, 4.69) is 10.6 Å². The summed E-state index contributed by atoms with van der Waals surface area (Å²) in [5.74, 6) is 0.227. The number of amides is 1.